The number of para-hydroxylation sites is 2. The average Bonchev–Trinajstić information content (AvgIpc) is 2.99. The molecule has 0 atom stereocenters. The van der Waals surface area contributed by atoms with Crippen LogP contribution in [0.1, 0.15) is 22.5 Å². The van der Waals surface area contributed by atoms with Gasteiger partial charge in [-0.15, -0.1) is 0 Å². The Kier molecular flexibility index (Phi) is 4.59. The van der Waals surface area contributed by atoms with Gasteiger partial charge in [-0.1, -0.05) is 71.8 Å². The van der Waals surface area contributed by atoms with Crippen molar-refractivity contribution in [2.24, 2.45) is 0 Å². The van der Waals surface area contributed by atoms with Crippen LogP contribution in [0.25, 0.3) is 23.2 Å². The van der Waals surface area contributed by atoms with Crippen molar-refractivity contribution < 1.29 is 0 Å². The molecule has 4 aromatic rings. The molecule has 0 saturated heterocycles. The predicted octanol–water partition coefficient (Wildman–Crippen LogP) is 6.22. The molecule has 0 saturated carbocycles. The second-order valence-corrected chi connectivity index (χ2v) is 6.86. The van der Waals surface area contributed by atoms with Crippen molar-refractivity contribution in [1.29, 1.82) is 0 Å². The van der Waals surface area contributed by atoms with E-state index in [0.717, 1.165) is 34.0 Å². The van der Waals surface area contributed by atoms with Crippen LogP contribution in [0.5, 0.6) is 0 Å². The van der Waals surface area contributed by atoms with Crippen molar-refractivity contribution in [1.82, 2.24) is 9.55 Å². The average molecular weight is 359 g/mol. The second kappa shape index (κ2) is 7.19. The summed E-state index contributed by atoms with van der Waals surface area (Å²) in [5.74, 6) is 0.947. The minimum absolute atomic E-state index is 0.744. The van der Waals surface area contributed by atoms with E-state index >= 15 is 0 Å². The summed E-state index contributed by atoms with van der Waals surface area (Å²) in [7, 11) is 0. The predicted molar refractivity (Wildman–Crippen MR) is 110 cm³/mol. The van der Waals surface area contributed by atoms with Crippen molar-refractivity contribution in [2.45, 2.75) is 13.5 Å². The summed E-state index contributed by atoms with van der Waals surface area (Å²) in [5, 5.41) is 0.744. The lowest BCUT2D eigenvalue weighted by Crippen LogP contribution is -2.02. The number of aryl methyl sites for hydroxylation is 1. The van der Waals surface area contributed by atoms with Gasteiger partial charge in [-0.3, -0.25) is 0 Å². The second-order valence-electron chi connectivity index (χ2n) is 6.42. The third kappa shape index (κ3) is 3.56. The fourth-order valence-corrected chi connectivity index (χ4v) is 3.25. The van der Waals surface area contributed by atoms with E-state index in [9.17, 15) is 0 Å². The van der Waals surface area contributed by atoms with Gasteiger partial charge in [0.25, 0.3) is 0 Å². The molecule has 2 nitrogen and oxygen atoms in total. The number of hydrogen-bond donors (Lipinski definition) is 0. The zero-order valence-electron chi connectivity index (χ0n) is 14.6. The van der Waals surface area contributed by atoms with Gasteiger partial charge in [-0.25, -0.2) is 4.98 Å². The summed E-state index contributed by atoms with van der Waals surface area (Å²) >= 11 is 5.97. The van der Waals surface area contributed by atoms with Crippen LogP contribution in [0.4, 0.5) is 0 Å². The highest BCUT2D eigenvalue weighted by atomic mass is 35.5. The SMILES string of the molecule is Cc1cccc(Cn2c(C=Cc3ccc(Cl)cc3)nc3ccccc32)c1. The molecule has 0 aliphatic carbocycles. The van der Waals surface area contributed by atoms with Crippen LogP contribution in [-0.2, 0) is 6.54 Å². The fraction of sp³-hybridized carbons (Fsp3) is 0.0870. The van der Waals surface area contributed by atoms with E-state index in [1.54, 1.807) is 0 Å². The van der Waals surface area contributed by atoms with Gasteiger partial charge in [0, 0.05) is 11.6 Å². The van der Waals surface area contributed by atoms with Crippen molar-refractivity contribution in [3.8, 4) is 0 Å². The van der Waals surface area contributed by atoms with Crippen molar-refractivity contribution in [3.63, 3.8) is 0 Å². The molecule has 0 amide bonds. The topological polar surface area (TPSA) is 17.8 Å². The van der Waals surface area contributed by atoms with Crippen molar-refractivity contribution >= 4 is 34.8 Å². The number of imidazole rings is 1. The molecule has 26 heavy (non-hydrogen) atoms. The number of aromatic nitrogens is 2. The standard InChI is InChI=1S/C23H19ClN2/c1-17-5-4-6-19(15-17)16-26-22-8-3-2-7-21(22)25-23(26)14-11-18-9-12-20(24)13-10-18/h2-15H,16H2,1H3. The van der Waals surface area contributed by atoms with E-state index in [4.69, 9.17) is 16.6 Å². The molecule has 0 radical (unpaired) electrons. The molecule has 1 heterocycles. The summed E-state index contributed by atoms with van der Waals surface area (Å²) < 4.78 is 2.26. The Hall–Kier alpha value is -2.84. The van der Waals surface area contributed by atoms with Crippen molar-refractivity contribution in [3.05, 3.63) is 100 Å². The Balaban J connectivity index is 1.75. The molecule has 0 unspecified atom stereocenters. The van der Waals surface area contributed by atoms with Crippen LogP contribution in [0.2, 0.25) is 5.02 Å². The van der Waals surface area contributed by atoms with Crippen LogP contribution in [0.3, 0.4) is 0 Å². The van der Waals surface area contributed by atoms with Crippen molar-refractivity contribution in [2.75, 3.05) is 0 Å². The normalized spacial score (nSPS) is 11.5. The van der Waals surface area contributed by atoms with Gasteiger partial charge in [0.05, 0.1) is 11.0 Å². The molecule has 4 rings (SSSR count). The number of halogens is 1. The van der Waals surface area contributed by atoms with E-state index in [1.165, 1.54) is 11.1 Å². The number of benzene rings is 3. The van der Waals surface area contributed by atoms with Gasteiger partial charge in [-0.05, 0) is 48.4 Å². The summed E-state index contributed by atoms with van der Waals surface area (Å²) in [6, 6.07) is 24.7. The Bertz CT molecular complexity index is 1080. The largest absolute Gasteiger partial charge is 0.320 e. The zero-order valence-corrected chi connectivity index (χ0v) is 15.3. The molecule has 0 bridgehead atoms. The zero-order chi connectivity index (χ0) is 17.9. The summed E-state index contributed by atoms with van der Waals surface area (Å²) in [5.41, 5.74) is 5.80. The van der Waals surface area contributed by atoms with Gasteiger partial charge in [0.2, 0.25) is 0 Å². The fourth-order valence-electron chi connectivity index (χ4n) is 3.13. The van der Waals surface area contributed by atoms with E-state index in [-0.39, 0.29) is 0 Å². The van der Waals surface area contributed by atoms with Gasteiger partial charge >= 0.3 is 0 Å². The van der Waals surface area contributed by atoms with Crippen LogP contribution in [0, 0.1) is 6.92 Å². The summed E-state index contributed by atoms with van der Waals surface area (Å²) in [6.45, 7) is 2.92. The molecule has 0 N–H and O–H groups in total. The van der Waals surface area contributed by atoms with Gasteiger partial charge in [0.1, 0.15) is 5.82 Å². The molecule has 0 aliphatic heterocycles. The van der Waals surface area contributed by atoms with Gasteiger partial charge in [0.15, 0.2) is 0 Å². The minimum atomic E-state index is 0.744. The molecule has 0 spiro atoms. The lowest BCUT2D eigenvalue weighted by molar-refractivity contribution is 0.813. The molecule has 128 valence electrons. The van der Waals surface area contributed by atoms with Gasteiger partial charge in [-0.2, -0.15) is 0 Å². The van der Waals surface area contributed by atoms with Gasteiger partial charge < -0.3 is 4.57 Å². The highest BCUT2D eigenvalue weighted by Gasteiger charge is 2.09. The molecular weight excluding hydrogens is 340 g/mol. The third-order valence-electron chi connectivity index (χ3n) is 4.40. The molecule has 0 aliphatic rings. The summed E-state index contributed by atoms with van der Waals surface area (Å²) in [4.78, 5) is 4.81. The maximum atomic E-state index is 5.97. The quantitative estimate of drug-likeness (QED) is 0.423. The molecule has 1 aromatic heterocycles. The smallest absolute Gasteiger partial charge is 0.134 e. The number of hydrogen-bond acceptors (Lipinski definition) is 1. The first-order valence-corrected chi connectivity index (χ1v) is 9.01. The maximum Gasteiger partial charge on any atom is 0.134 e. The first-order chi connectivity index (χ1) is 12.7. The van der Waals surface area contributed by atoms with Crippen LogP contribution < -0.4 is 0 Å². The Morgan fingerprint density at radius 1 is 0.923 bits per heavy atom. The van der Waals surface area contributed by atoms with Crippen LogP contribution >= 0.6 is 11.6 Å². The molecule has 3 heteroatoms. The van der Waals surface area contributed by atoms with E-state index in [2.05, 4.69) is 66.1 Å². The number of nitrogens with zero attached hydrogens (tertiary/aromatic N) is 2. The third-order valence-corrected chi connectivity index (χ3v) is 4.65. The van der Waals surface area contributed by atoms with E-state index in [1.807, 2.05) is 30.3 Å². The highest BCUT2D eigenvalue weighted by Crippen LogP contribution is 2.20. The number of rotatable bonds is 4. The maximum absolute atomic E-state index is 5.97. The molecule has 3 aromatic carbocycles. The lowest BCUT2D eigenvalue weighted by Gasteiger charge is -2.08. The Morgan fingerprint density at radius 3 is 2.54 bits per heavy atom. The molecular formula is C23H19ClN2. The van der Waals surface area contributed by atoms with Crippen LogP contribution in [-0.4, -0.2) is 9.55 Å². The Morgan fingerprint density at radius 2 is 1.73 bits per heavy atom. The van der Waals surface area contributed by atoms with Crippen LogP contribution in [0.15, 0.2) is 72.8 Å². The summed E-state index contributed by atoms with van der Waals surface area (Å²) in [6.07, 6.45) is 4.14. The Labute approximate surface area is 158 Å². The van der Waals surface area contributed by atoms with E-state index < -0.39 is 0 Å². The first kappa shape index (κ1) is 16.6. The molecule has 0 fully saturated rings. The number of fused-ring (bicyclic) bond motifs is 1. The lowest BCUT2D eigenvalue weighted by atomic mass is 10.1. The monoisotopic (exact) mass is 358 g/mol. The first-order valence-electron chi connectivity index (χ1n) is 8.63. The highest BCUT2D eigenvalue weighted by molar-refractivity contribution is 6.30. The van der Waals surface area contributed by atoms with E-state index in [0.29, 0.717) is 0 Å². The minimum Gasteiger partial charge on any atom is -0.320 e.